The van der Waals surface area contributed by atoms with Crippen LogP contribution in [-0.2, 0) is 25.6 Å². The summed E-state index contributed by atoms with van der Waals surface area (Å²) in [5.41, 5.74) is 1.10. The van der Waals surface area contributed by atoms with Crippen molar-refractivity contribution in [1.82, 2.24) is 5.32 Å². The van der Waals surface area contributed by atoms with Crippen LogP contribution in [0.2, 0.25) is 0 Å². The highest BCUT2D eigenvalue weighted by atomic mass is 16.9. The van der Waals surface area contributed by atoms with Crippen LogP contribution < -0.4 is 5.32 Å². The Bertz CT molecular complexity index is 936. The van der Waals surface area contributed by atoms with Gasteiger partial charge < -0.3 is 25.1 Å². The Labute approximate surface area is 230 Å². The van der Waals surface area contributed by atoms with Gasteiger partial charge in [-0.05, 0) is 63.0 Å². The van der Waals surface area contributed by atoms with E-state index in [1.165, 1.54) is 0 Å². The van der Waals surface area contributed by atoms with E-state index in [4.69, 9.17) is 4.74 Å². The van der Waals surface area contributed by atoms with Crippen LogP contribution in [0.3, 0.4) is 0 Å². The Morgan fingerprint density at radius 2 is 1.92 bits per heavy atom. The molecule has 1 aromatic rings. The molecular weight excluding hydrogens is 504 g/mol. The molecular formula is C29H42N2O8. The maximum absolute atomic E-state index is 12.4. The monoisotopic (exact) mass is 546 g/mol. The van der Waals surface area contributed by atoms with E-state index in [2.05, 4.69) is 10.2 Å². The maximum atomic E-state index is 12.4. The number of nitrogens with one attached hydrogen (secondary N) is 1. The molecule has 1 fully saturated rings. The van der Waals surface area contributed by atoms with E-state index in [-0.39, 0.29) is 43.6 Å². The van der Waals surface area contributed by atoms with Crippen LogP contribution in [0.25, 0.3) is 0 Å². The van der Waals surface area contributed by atoms with Gasteiger partial charge in [0.05, 0.1) is 18.8 Å². The zero-order valence-electron chi connectivity index (χ0n) is 22.7. The molecule has 5 atom stereocenters. The summed E-state index contributed by atoms with van der Waals surface area (Å²) in [6.45, 7) is 2.33. The number of nitrogens with zero attached hydrogens (tertiary/aromatic N) is 1. The number of allylic oxidation sites excluding steroid dienone is 2. The van der Waals surface area contributed by atoms with E-state index in [1.807, 2.05) is 55.5 Å². The van der Waals surface area contributed by atoms with Gasteiger partial charge in [-0.1, -0.05) is 48.6 Å². The molecule has 0 heterocycles. The molecule has 1 aromatic carbocycles. The molecule has 0 bridgehead atoms. The molecule has 216 valence electrons. The summed E-state index contributed by atoms with van der Waals surface area (Å²) >= 11 is 0. The van der Waals surface area contributed by atoms with E-state index in [0.717, 1.165) is 18.4 Å². The van der Waals surface area contributed by atoms with Crippen molar-refractivity contribution in [3.63, 3.8) is 0 Å². The Balaban J connectivity index is 1.96. The number of esters is 1. The van der Waals surface area contributed by atoms with Crippen LogP contribution in [0.15, 0.2) is 54.6 Å². The van der Waals surface area contributed by atoms with Gasteiger partial charge in [0, 0.05) is 31.7 Å². The lowest BCUT2D eigenvalue weighted by molar-refractivity contribution is -0.757. The summed E-state index contributed by atoms with van der Waals surface area (Å²) in [6.07, 6.45) is 9.89. The molecule has 1 amide bonds. The first-order valence-corrected chi connectivity index (χ1v) is 13.8. The molecule has 1 saturated carbocycles. The highest BCUT2D eigenvalue weighted by molar-refractivity contribution is 5.75. The number of aliphatic hydroxyl groups is 2. The fourth-order valence-electron chi connectivity index (χ4n) is 4.73. The van der Waals surface area contributed by atoms with Gasteiger partial charge in [0.25, 0.3) is 5.09 Å². The molecule has 2 rings (SSSR count). The largest absolute Gasteiger partial charge is 0.458 e. The predicted molar refractivity (Wildman–Crippen MR) is 146 cm³/mol. The predicted octanol–water partition coefficient (Wildman–Crippen LogP) is 3.69. The number of hydrogen-bond acceptors (Lipinski definition) is 8. The number of carbonyl (C=O) groups excluding carboxylic acids is 2. The van der Waals surface area contributed by atoms with Crippen molar-refractivity contribution in [1.29, 1.82) is 0 Å². The molecule has 39 heavy (non-hydrogen) atoms. The fraction of sp³-hybridized carbons (Fsp3) is 0.586. The Morgan fingerprint density at radius 3 is 2.64 bits per heavy atom. The second-order valence-electron chi connectivity index (χ2n) is 9.76. The van der Waals surface area contributed by atoms with Gasteiger partial charge in [-0.3, -0.25) is 9.59 Å². The highest BCUT2D eigenvalue weighted by Gasteiger charge is 2.39. The van der Waals surface area contributed by atoms with E-state index in [1.54, 1.807) is 6.08 Å². The Morgan fingerprint density at radius 1 is 1.15 bits per heavy atom. The minimum atomic E-state index is -0.893. The number of amides is 1. The molecule has 0 spiro atoms. The average Bonchev–Trinajstić information content (AvgIpc) is 3.17. The molecule has 0 unspecified atom stereocenters. The van der Waals surface area contributed by atoms with Gasteiger partial charge in [0.2, 0.25) is 5.91 Å². The van der Waals surface area contributed by atoms with Gasteiger partial charge in [-0.25, -0.2) is 0 Å². The zero-order valence-corrected chi connectivity index (χ0v) is 22.7. The first-order valence-electron chi connectivity index (χ1n) is 13.8. The number of hydrogen-bond donors (Lipinski definition) is 3. The Kier molecular flexibility index (Phi) is 14.9. The van der Waals surface area contributed by atoms with Crippen molar-refractivity contribution in [3.8, 4) is 0 Å². The number of benzene rings is 1. The standard InChI is InChI=1S/C29H42N2O8/c1-2-30-28(34)14-9-4-3-8-13-24-25(27(33)21-26(24)32)19-18-23(17-16-22-11-6-5-7-12-22)39-29(35)15-10-20-38-31(36)37/h3,5-8,11-12,18-19,23-27,32-33H,2,4,9-10,13-17,20-21H2,1H3,(H,30,34)/t23-,24+,25+,26-,27+/m0/s1. The number of unbranched alkanes of at least 4 members (excludes halogenated alkanes) is 1. The number of ether oxygens (including phenoxy) is 1. The third kappa shape index (κ3) is 12.9. The highest BCUT2D eigenvalue weighted by Crippen LogP contribution is 2.36. The first-order chi connectivity index (χ1) is 18.8. The van der Waals surface area contributed by atoms with Crippen LogP contribution in [0.5, 0.6) is 0 Å². The summed E-state index contributed by atoms with van der Waals surface area (Å²) in [6, 6.07) is 9.80. The lowest BCUT2D eigenvalue weighted by atomic mass is 9.89. The molecule has 0 aliphatic heterocycles. The van der Waals surface area contributed by atoms with E-state index >= 15 is 0 Å². The molecule has 10 heteroatoms. The topological polar surface area (TPSA) is 148 Å². The van der Waals surface area contributed by atoms with Crippen LogP contribution in [0.1, 0.15) is 63.9 Å². The number of carbonyl (C=O) groups is 2. The van der Waals surface area contributed by atoms with Gasteiger partial charge in [0.1, 0.15) is 6.10 Å². The molecule has 1 aliphatic rings. The number of aryl methyl sites for hydroxylation is 1. The van der Waals surface area contributed by atoms with Gasteiger partial charge in [0.15, 0.2) is 0 Å². The van der Waals surface area contributed by atoms with Crippen molar-refractivity contribution in [3.05, 3.63) is 70.3 Å². The summed E-state index contributed by atoms with van der Waals surface area (Å²) < 4.78 is 5.66. The van der Waals surface area contributed by atoms with Crippen molar-refractivity contribution in [2.45, 2.75) is 83.0 Å². The molecule has 1 aliphatic carbocycles. The van der Waals surface area contributed by atoms with E-state index in [0.29, 0.717) is 32.2 Å². The van der Waals surface area contributed by atoms with Crippen LogP contribution >= 0.6 is 0 Å². The Hall–Kier alpha value is -3.24. The zero-order chi connectivity index (χ0) is 28.5. The summed E-state index contributed by atoms with van der Waals surface area (Å²) in [5.74, 6) is -0.923. The number of aliphatic hydroxyl groups excluding tert-OH is 2. The van der Waals surface area contributed by atoms with Crippen LogP contribution in [-0.4, -0.2) is 58.6 Å². The fourth-order valence-corrected chi connectivity index (χ4v) is 4.73. The van der Waals surface area contributed by atoms with Crippen molar-refractivity contribution < 1.29 is 34.5 Å². The minimum Gasteiger partial charge on any atom is -0.458 e. The summed E-state index contributed by atoms with van der Waals surface area (Å²) in [4.78, 5) is 38.5. The third-order valence-corrected chi connectivity index (χ3v) is 6.75. The van der Waals surface area contributed by atoms with Gasteiger partial charge >= 0.3 is 5.97 Å². The van der Waals surface area contributed by atoms with Gasteiger partial charge in [-0.15, -0.1) is 10.1 Å². The second-order valence-corrected chi connectivity index (χ2v) is 9.76. The first kappa shape index (κ1) is 32.0. The van der Waals surface area contributed by atoms with Crippen molar-refractivity contribution in [2.24, 2.45) is 11.8 Å². The van der Waals surface area contributed by atoms with E-state index < -0.39 is 29.4 Å². The van der Waals surface area contributed by atoms with Crippen molar-refractivity contribution in [2.75, 3.05) is 13.2 Å². The second kappa shape index (κ2) is 18.1. The normalized spacial score (nSPS) is 21.7. The van der Waals surface area contributed by atoms with Gasteiger partial charge in [-0.2, -0.15) is 0 Å². The van der Waals surface area contributed by atoms with Crippen molar-refractivity contribution >= 4 is 11.9 Å². The third-order valence-electron chi connectivity index (χ3n) is 6.75. The summed E-state index contributed by atoms with van der Waals surface area (Å²) in [5, 5.41) is 33.3. The molecule has 0 saturated heterocycles. The van der Waals surface area contributed by atoms with Crippen LogP contribution in [0, 0.1) is 22.0 Å². The smallest absolute Gasteiger partial charge is 0.306 e. The van der Waals surface area contributed by atoms with E-state index in [9.17, 15) is 29.9 Å². The molecule has 0 aromatic heterocycles. The van der Waals surface area contributed by atoms with Crippen LogP contribution in [0.4, 0.5) is 0 Å². The quantitative estimate of drug-likeness (QED) is 0.0830. The lowest BCUT2D eigenvalue weighted by Gasteiger charge is -2.21. The minimum absolute atomic E-state index is 0.0121. The average molecular weight is 547 g/mol. The summed E-state index contributed by atoms with van der Waals surface area (Å²) in [7, 11) is 0. The number of rotatable bonds is 18. The molecule has 0 radical (unpaired) electrons. The lowest BCUT2D eigenvalue weighted by Crippen LogP contribution is -2.22. The SMILES string of the molecule is CCNC(=O)CCCC=CC[C@@H]1[C@@H](C=C[C@H](CCc2ccccc2)OC(=O)CCCO[N+](=O)[O-])[C@H](O)C[C@@H]1O. The molecule has 3 N–H and O–H groups in total. The molecule has 10 nitrogen and oxygen atoms in total. The maximum Gasteiger partial charge on any atom is 0.306 e.